The Kier molecular flexibility index (Phi) is 2.67. The van der Waals surface area contributed by atoms with Crippen LogP contribution in [-0.2, 0) is 0 Å². The number of hydrogen-bond acceptors (Lipinski definition) is 4. The standard InChI is InChI=1S/C8H4INO2S2/c9-8-2-4-1-5(10(11)12)6(13)3-7(4)14-8/h1-3,13H. The van der Waals surface area contributed by atoms with Gasteiger partial charge in [0.05, 0.1) is 12.7 Å². The number of benzene rings is 1. The minimum absolute atomic E-state index is 0.0648. The summed E-state index contributed by atoms with van der Waals surface area (Å²) in [4.78, 5) is 10.6. The lowest BCUT2D eigenvalue weighted by atomic mass is 10.2. The number of nitrogens with zero attached hydrogens (tertiary/aromatic N) is 1. The Morgan fingerprint density at radius 1 is 1.43 bits per heavy atom. The molecule has 2 rings (SSSR count). The first-order valence-electron chi connectivity index (χ1n) is 3.64. The highest BCUT2D eigenvalue weighted by atomic mass is 127. The summed E-state index contributed by atoms with van der Waals surface area (Å²) in [6.45, 7) is 0. The lowest BCUT2D eigenvalue weighted by Crippen LogP contribution is -1.88. The van der Waals surface area contributed by atoms with Crippen LogP contribution in [0.3, 0.4) is 0 Å². The molecule has 0 fully saturated rings. The van der Waals surface area contributed by atoms with Crippen molar-refractivity contribution in [3.8, 4) is 0 Å². The molecular weight excluding hydrogens is 333 g/mol. The Morgan fingerprint density at radius 3 is 2.79 bits per heavy atom. The van der Waals surface area contributed by atoms with Crippen LogP contribution in [0.4, 0.5) is 5.69 Å². The number of thiol groups is 1. The summed E-state index contributed by atoms with van der Waals surface area (Å²) in [7, 11) is 0. The molecule has 0 bridgehead atoms. The van der Waals surface area contributed by atoms with Crippen LogP contribution in [0.15, 0.2) is 23.1 Å². The van der Waals surface area contributed by atoms with E-state index >= 15 is 0 Å². The van der Waals surface area contributed by atoms with Crippen molar-refractivity contribution in [2.75, 3.05) is 0 Å². The van der Waals surface area contributed by atoms with E-state index in [0.717, 1.165) is 13.0 Å². The Labute approximate surface area is 103 Å². The van der Waals surface area contributed by atoms with Crippen LogP contribution < -0.4 is 0 Å². The first-order chi connectivity index (χ1) is 6.58. The Bertz CT molecular complexity index is 523. The van der Waals surface area contributed by atoms with E-state index in [4.69, 9.17) is 0 Å². The largest absolute Gasteiger partial charge is 0.283 e. The number of nitro groups is 1. The Balaban J connectivity index is 2.76. The van der Waals surface area contributed by atoms with Crippen LogP contribution in [0.2, 0.25) is 0 Å². The van der Waals surface area contributed by atoms with Gasteiger partial charge < -0.3 is 0 Å². The van der Waals surface area contributed by atoms with Gasteiger partial charge in [-0.25, -0.2) is 0 Å². The lowest BCUT2D eigenvalue weighted by molar-refractivity contribution is -0.387. The molecule has 1 aromatic heterocycles. The predicted molar refractivity (Wildman–Crippen MR) is 68.4 cm³/mol. The van der Waals surface area contributed by atoms with Crippen molar-refractivity contribution in [2.24, 2.45) is 0 Å². The third-order valence-electron chi connectivity index (χ3n) is 1.78. The van der Waals surface area contributed by atoms with E-state index < -0.39 is 4.92 Å². The minimum Gasteiger partial charge on any atom is -0.258 e. The van der Waals surface area contributed by atoms with Crippen LogP contribution in [0.25, 0.3) is 10.1 Å². The monoisotopic (exact) mass is 337 g/mol. The number of thiophene rings is 1. The smallest absolute Gasteiger partial charge is 0.258 e. The average molecular weight is 337 g/mol. The molecule has 0 unspecified atom stereocenters. The van der Waals surface area contributed by atoms with Gasteiger partial charge in [0, 0.05) is 16.2 Å². The highest BCUT2D eigenvalue weighted by molar-refractivity contribution is 14.1. The zero-order valence-corrected chi connectivity index (χ0v) is 10.6. The fraction of sp³-hybridized carbons (Fsp3) is 0. The number of hydrogen-bond donors (Lipinski definition) is 1. The van der Waals surface area contributed by atoms with E-state index in [2.05, 4.69) is 35.2 Å². The van der Waals surface area contributed by atoms with E-state index in [-0.39, 0.29) is 5.69 Å². The molecule has 1 aromatic carbocycles. The van der Waals surface area contributed by atoms with Crippen LogP contribution >= 0.6 is 46.6 Å². The van der Waals surface area contributed by atoms with Gasteiger partial charge in [-0.15, -0.1) is 24.0 Å². The second kappa shape index (κ2) is 3.67. The van der Waals surface area contributed by atoms with Gasteiger partial charge in [0.2, 0.25) is 0 Å². The van der Waals surface area contributed by atoms with Crippen molar-refractivity contribution in [3.05, 3.63) is 31.2 Å². The molecule has 0 radical (unpaired) electrons. The first-order valence-corrected chi connectivity index (χ1v) is 5.98. The molecule has 14 heavy (non-hydrogen) atoms. The normalized spacial score (nSPS) is 10.7. The van der Waals surface area contributed by atoms with Crippen molar-refractivity contribution in [3.63, 3.8) is 0 Å². The second-order valence-electron chi connectivity index (χ2n) is 2.69. The van der Waals surface area contributed by atoms with E-state index in [1.165, 1.54) is 0 Å². The van der Waals surface area contributed by atoms with Crippen molar-refractivity contribution in [2.45, 2.75) is 4.90 Å². The second-order valence-corrected chi connectivity index (χ2v) is 6.15. The molecular formula is C8H4INO2S2. The van der Waals surface area contributed by atoms with Crippen LogP contribution in [0.1, 0.15) is 0 Å². The molecule has 72 valence electrons. The highest BCUT2D eigenvalue weighted by Gasteiger charge is 2.13. The Morgan fingerprint density at radius 2 is 2.14 bits per heavy atom. The zero-order valence-electron chi connectivity index (χ0n) is 6.73. The van der Waals surface area contributed by atoms with Crippen molar-refractivity contribution < 1.29 is 4.92 Å². The topological polar surface area (TPSA) is 43.1 Å². The predicted octanol–water partition coefficient (Wildman–Crippen LogP) is 3.70. The molecule has 0 spiro atoms. The molecule has 0 saturated heterocycles. The summed E-state index contributed by atoms with van der Waals surface area (Å²) in [5.74, 6) is 0. The highest BCUT2D eigenvalue weighted by Crippen LogP contribution is 2.33. The molecule has 0 aliphatic rings. The van der Waals surface area contributed by atoms with Gasteiger partial charge in [-0.2, -0.15) is 0 Å². The summed E-state index contributed by atoms with van der Waals surface area (Å²) >= 11 is 7.88. The van der Waals surface area contributed by atoms with E-state index in [0.29, 0.717) is 4.90 Å². The average Bonchev–Trinajstić information content (AvgIpc) is 2.42. The maximum absolute atomic E-state index is 10.6. The zero-order chi connectivity index (χ0) is 10.3. The number of fused-ring (bicyclic) bond motifs is 1. The summed E-state index contributed by atoms with van der Waals surface area (Å²) in [5, 5.41) is 11.5. The van der Waals surface area contributed by atoms with Gasteiger partial charge in [0.1, 0.15) is 0 Å². The summed E-state index contributed by atoms with van der Waals surface area (Å²) in [6, 6.07) is 5.24. The number of rotatable bonds is 1. The third-order valence-corrected chi connectivity index (χ3v) is 4.00. The maximum Gasteiger partial charge on any atom is 0.283 e. The van der Waals surface area contributed by atoms with Gasteiger partial charge in [-0.05, 0) is 34.7 Å². The molecule has 1 heterocycles. The number of halogens is 1. The lowest BCUT2D eigenvalue weighted by Gasteiger charge is -1.95. The molecule has 2 aromatic rings. The minimum atomic E-state index is -0.410. The van der Waals surface area contributed by atoms with Gasteiger partial charge >= 0.3 is 0 Å². The van der Waals surface area contributed by atoms with Crippen molar-refractivity contribution in [1.29, 1.82) is 0 Å². The summed E-state index contributed by atoms with van der Waals surface area (Å²) in [6.07, 6.45) is 0. The summed E-state index contributed by atoms with van der Waals surface area (Å²) in [5.41, 5.74) is 0.0648. The van der Waals surface area contributed by atoms with Gasteiger partial charge in [-0.3, -0.25) is 10.1 Å². The summed E-state index contributed by atoms with van der Waals surface area (Å²) < 4.78 is 2.15. The van der Waals surface area contributed by atoms with Crippen molar-refractivity contribution in [1.82, 2.24) is 0 Å². The first kappa shape index (κ1) is 10.2. The SMILES string of the molecule is O=[N+]([O-])c1cc2cc(I)sc2cc1S. The molecule has 6 heteroatoms. The van der Waals surface area contributed by atoms with Crippen LogP contribution in [0, 0.1) is 13.0 Å². The third kappa shape index (κ3) is 1.73. The van der Waals surface area contributed by atoms with Crippen LogP contribution in [-0.4, -0.2) is 4.92 Å². The van der Waals surface area contributed by atoms with Crippen LogP contribution in [0.5, 0.6) is 0 Å². The molecule has 0 aliphatic carbocycles. The Hall–Kier alpha value is -0.340. The maximum atomic E-state index is 10.6. The molecule has 0 N–H and O–H groups in total. The van der Waals surface area contributed by atoms with E-state index in [9.17, 15) is 10.1 Å². The van der Waals surface area contributed by atoms with Gasteiger partial charge in [0.15, 0.2) is 0 Å². The van der Waals surface area contributed by atoms with Crippen molar-refractivity contribution >= 4 is 62.3 Å². The fourth-order valence-corrected chi connectivity index (χ4v) is 3.40. The fourth-order valence-electron chi connectivity index (χ4n) is 1.18. The number of nitro benzene ring substituents is 1. The molecule has 0 atom stereocenters. The van der Waals surface area contributed by atoms with Gasteiger partial charge in [-0.1, -0.05) is 0 Å². The molecule has 3 nitrogen and oxygen atoms in total. The van der Waals surface area contributed by atoms with Gasteiger partial charge in [0.25, 0.3) is 5.69 Å². The van der Waals surface area contributed by atoms with E-state index in [1.807, 2.05) is 6.07 Å². The molecule has 0 aliphatic heterocycles. The quantitative estimate of drug-likeness (QED) is 0.373. The van der Waals surface area contributed by atoms with E-state index in [1.54, 1.807) is 23.5 Å². The molecule has 0 saturated carbocycles. The molecule has 0 amide bonds.